The van der Waals surface area contributed by atoms with Gasteiger partial charge in [-0.3, -0.25) is 0 Å². The molecule has 48 valence electrons. The average molecular weight is 123 g/mol. The third kappa shape index (κ3) is 1.45. The van der Waals surface area contributed by atoms with E-state index in [9.17, 15) is 0 Å². The van der Waals surface area contributed by atoms with Crippen LogP contribution in [0, 0.1) is 0 Å². The number of hydrogen-bond donors (Lipinski definition) is 0. The molecule has 1 rings (SSSR count). The van der Waals surface area contributed by atoms with Gasteiger partial charge < -0.3 is 0 Å². The summed E-state index contributed by atoms with van der Waals surface area (Å²) in [5, 5.41) is 10.7. The van der Waals surface area contributed by atoms with Crippen molar-refractivity contribution in [2.45, 2.75) is 19.8 Å². The maximum Gasteiger partial charge on any atom is 0.0564 e. The van der Waals surface area contributed by atoms with Gasteiger partial charge in [0.15, 0.2) is 0 Å². The van der Waals surface area contributed by atoms with Gasteiger partial charge in [-0.1, -0.05) is 13.8 Å². The molecule has 0 aliphatic heterocycles. The minimum Gasteiger partial charge on any atom is -0.138 e. The molecule has 3 nitrogen and oxygen atoms in total. The Morgan fingerprint density at radius 2 is 1.78 bits per heavy atom. The molecule has 0 unspecified atom stereocenters. The Bertz CT molecular complexity index is 171. The molecule has 1 heterocycles. The standard InChI is InChI=1S/C6H9N3/c1-5(2)6-3-7-9-8-4-6/h3-5H,1-2H3. The van der Waals surface area contributed by atoms with Gasteiger partial charge in [0.1, 0.15) is 0 Å². The zero-order valence-corrected chi connectivity index (χ0v) is 5.57. The zero-order valence-electron chi connectivity index (χ0n) is 5.57. The highest BCUT2D eigenvalue weighted by Crippen LogP contribution is 2.08. The van der Waals surface area contributed by atoms with E-state index in [2.05, 4.69) is 29.3 Å². The Kier molecular flexibility index (Phi) is 1.72. The van der Waals surface area contributed by atoms with Crippen molar-refractivity contribution in [1.29, 1.82) is 0 Å². The molecule has 0 aliphatic rings. The van der Waals surface area contributed by atoms with Gasteiger partial charge in [0.25, 0.3) is 0 Å². The first-order valence-electron chi connectivity index (χ1n) is 2.94. The van der Waals surface area contributed by atoms with E-state index >= 15 is 0 Å². The van der Waals surface area contributed by atoms with Gasteiger partial charge in [0.2, 0.25) is 0 Å². The highest BCUT2D eigenvalue weighted by Gasteiger charge is 1.96. The lowest BCUT2D eigenvalue weighted by Crippen LogP contribution is -1.92. The van der Waals surface area contributed by atoms with Gasteiger partial charge in [0.05, 0.1) is 12.4 Å². The van der Waals surface area contributed by atoms with Crippen molar-refractivity contribution in [3.63, 3.8) is 0 Å². The van der Waals surface area contributed by atoms with Crippen LogP contribution in [0.2, 0.25) is 0 Å². The molecule has 0 bridgehead atoms. The minimum absolute atomic E-state index is 0.494. The molecular weight excluding hydrogens is 114 g/mol. The summed E-state index contributed by atoms with van der Waals surface area (Å²) in [4.78, 5) is 0. The summed E-state index contributed by atoms with van der Waals surface area (Å²) in [5.41, 5.74) is 1.13. The van der Waals surface area contributed by atoms with Crippen LogP contribution in [0.25, 0.3) is 0 Å². The van der Waals surface area contributed by atoms with E-state index in [-0.39, 0.29) is 0 Å². The molecule has 0 fully saturated rings. The van der Waals surface area contributed by atoms with E-state index in [1.54, 1.807) is 12.4 Å². The number of rotatable bonds is 1. The third-order valence-electron chi connectivity index (χ3n) is 1.18. The van der Waals surface area contributed by atoms with Gasteiger partial charge in [-0.05, 0) is 16.7 Å². The molecule has 0 atom stereocenters. The molecule has 0 aromatic carbocycles. The molecule has 9 heavy (non-hydrogen) atoms. The molecule has 1 aromatic rings. The Labute approximate surface area is 54.1 Å². The predicted octanol–water partition coefficient (Wildman–Crippen LogP) is 0.995. The van der Waals surface area contributed by atoms with Crippen LogP contribution in [-0.2, 0) is 0 Å². The lowest BCUT2D eigenvalue weighted by Gasteiger charge is -1.99. The second-order valence-electron chi connectivity index (χ2n) is 2.23. The summed E-state index contributed by atoms with van der Waals surface area (Å²) in [6.45, 7) is 4.19. The molecule has 0 saturated heterocycles. The van der Waals surface area contributed by atoms with Gasteiger partial charge in [-0.25, -0.2) is 0 Å². The van der Waals surface area contributed by atoms with Gasteiger partial charge >= 0.3 is 0 Å². The maximum absolute atomic E-state index is 3.64. The van der Waals surface area contributed by atoms with Gasteiger partial charge in [0, 0.05) is 0 Å². The predicted molar refractivity (Wildman–Crippen MR) is 33.9 cm³/mol. The number of aromatic nitrogens is 3. The molecule has 0 aliphatic carbocycles. The van der Waals surface area contributed by atoms with Crippen molar-refractivity contribution < 1.29 is 0 Å². The van der Waals surface area contributed by atoms with Crippen LogP contribution in [0.15, 0.2) is 12.4 Å². The van der Waals surface area contributed by atoms with E-state index in [1.165, 1.54) is 0 Å². The van der Waals surface area contributed by atoms with Crippen molar-refractivity contribution in [2.75, 3.05) is 0 Å². The monoisotopic (exact) mass is 123 g/mol. The summed E-state index contributed by atoms with van der Waals surface area (Å²) >= 11 is 0. The highest BCUT2D eigenvalue weighted by atomic mass is 15.3. The van der Waals surface area contributed by atoms with Gasteiger partial charge in [-0.2, -0.15) is 0 Å². The summed E-state index contributed by atoms with van der Waals surface area (Å²) in [7, 11) is 0. The summed E-state index contributed by atoms with van der Waals surface area (Å²) in [6, 6.07) is 0. The Morgan fingerprint density at radius 1 is 1.22 bits per heavy atom. The lowest BCUT2D eigenvalue weighted by molar-refractivity contribution is 0.786. The van der Waals surface area contributed by atoms with E-state index in [0.29, 0.717) is 5.92 Å². The molecule has 1 aromatic heterocycles. The first kappa shape index (κ1) is 6.13. The van der Waals surface area contributed by atoms with Crippen molar-refractivity contribution in [2.24, 2.45) is 0 Å². The van der Waals surface area contributed by atoms with Crippen molar-refractivity contribution in [3.05, 3.63) is 18.0 Å². The van der Waals surface area contributed by atoms with E-state index < -0.39 is 0 Å². The summed E-state index contributed by atoms with van der Waals surface area (Å²) in [6.07, 6.45) is 3.47. The molecular formula is C6H9N3. The Balaban J connectivity index is 2.85. The van der Waals surface area contributed by atoms with Crippen LogP contribution in [-0.4, -0.2) is 15.4 Å². The van der Waals surface area contributed by atoms with Crippen molar-refractivity contribution >= 4 is 0 Å². The molecule has 0 radical (unpaired) electrons. The quantitative estimate of drug-likeness (QED) is 0.559. The van der Waals surface area contributed by atoms with Crippen molar-refractivity contribution in [3.8, 4) is 0 Å². The fourth-order valence-corrected chi connectivity index (χ4v) is 0.546. The minimum atomic E-state index is 0.494. The number of nitrogens with zero attached hydrogens (tertiary/aromatic N) is 3. The Hall–Kier alpha value is -0.990. The van der Waals surface area contributed by atoms with Crippen LogP contribution in [0.1, 0.15) is 25.3 Å². The smallest absolute Gasteiger partial charge is 0.0564 e. The first-order chi connectivity index (χ1) is 4.30. The largest absolute Gasteiger partial charge is 0.138 e. The summed E-state index contributed by atoms with van der Waals surface area (Å²) < 4.78 is 0. The van der Waals surface area contributed by atoms with E-state index in [0.717, 1.165) is 5.56 Å². The second-order valence-corrected chi connectivity index (χ2v) is 2.23. The van der Waals surface area contributed by atoms with E-state index in [4.69, 9.17) is 0 Å². The van der Waals surface area contributed by atoms with Crippen LogP contribution in [0.3, 0.4) is 0 Å². The van der Waals surface area contributed by atoms with Crippen LogP contribution in [0.5, 0.6) is 0 Å². The first-order valence-corrected chi connectivity index (χ1v) is 2.94. The second kappa shape index (κ2) is 2.53. The van der Waals surface area contributed by atoms with Crippen LogP contribution < -0.4 is 0 Å². The van der Waals surface area contributed by atoms with Crippen LogP contribution in [0.4, 0.5) is 0 Å². The topological polar surface area (TPSA) is 38.7 Å². The average Bonchev–Trinajstić information content (AvgIpc) is 1.90. The van der Waals surface area contributed by atoms with Gasteiger partial charge in [-0.15, -0.1) is 10.2 Å². The normalized spacial score (nSPS) is 10.1. The lowest BCUT2D eigenvalue weighted by atomic mass is 10.1. The summed E-state index contributed by atoms with van der Waals surface area (Å²) in [5.74, 6) is 0.494. The fraction of sp³-hybridized carbons (Fsp3) is 0.500. The van der Waals surface area contributed by atoms with Crippen LogP contribution >= 0.6 is 0 Å². The highest BCUT2D eigenvalue weighted by molar-refractivity contribution is 5.05. The molecule has 0 N–H and O–H groups in total. The zero-order chi connectivity index (χ0) is 6.69. The molecule has 0 saturated carbocycles. The Morgan fingerprint density at radius 3 is 2.11 bits per heavy atom. The maximum atomic E-state index is 3.64. The van der Waals surface area contributed by atoms with Crippen molar-refractivity contribution in [1.82, 2.24) is 15.4 Å². The number of hydrogen-bond acceptors (Lipinski definition) is 3. The molecule has 0 amide bonds. The fourth-order valence-electron chi connectivity index (χ4n) is 0.546. The SMILES string of the molecule is CC(C)c1cnnnc1. The molecule has 0 spiro atoms. The van der Waals surface area contributed by atoms with E-state index in [1.807, 2.05) is 0 Å². The molecule has 3 heteroatoms. The third-order valence-corrected chi connectivity index (χ3v) is 1.18.